The number of hydrogen-bond acceptors (Lipinski definition) is 10. The summed E-state index contributed by atoms with van der Waals surface area (Å²) in [5.41, 5.74) is -4.90. The van der Waals surface area contributed by atoms with Crippen molar-refractivity contribution in [3.05, 3.63) is 70.9 Å². The maximum atomic E-state index is 15.3. The molecule has 0 spiro atoms. The van der Waals surface area contributed by atoms with Crippen molar-refractivity contribution >= 4 is 38.5 Å². The van der Waals surface area contributed by atoms with E-state index in [2.05, 4.69) is 14.9 Å². The zero-order valence-corrected chi connectivity index (χ0v) is 27.3. The number of benzene rings is 2. The van der Waals surface area contributed by atoms with Gasteiger partial charge in [-0.2, -0.15) is 21.6 Å². The fourth-order valence-corrected chi connectivity index (χ4v) is 6.70. The number of carbonyl (C=O) groups is 1. The predicted molar refractivity (Wildman–Crippen MR) is 172 cm³/mol. The van der Waals surface area contributed by atoms with Crippen LogP contribution in [-0.2, 0) is 21.3 Å². The number of sulfonamides is 1. The van der Waals surface area contributed by atoms with Gasteiger partial charge in [0.05, 0.1) is 37.1 Å². The van der Waals surface area contributed by atoms with Crippen LogP contribution in [0.5, 0.6) is 5.88 Å². The lowest BCUT2D eigenvalue weighted by molar-refractivity contribution is -0.0429. The summed E-state index contributed by atoms with van der Waals surface area (Å²) < 4.78 is 106. The number of aromatic nitrogens is 3. The van der Waals surface area contributed by atoms with Crippen LogP contribution in [-0.4, -0.2) is 91.4 Å². The van der Waals surface area contributed by atoms with Gasteiger partial charge in [0.2, 0.25) is 11.8 Å². The first-order chi connectivity index (χ1) is 23.7. The first-order valence-electron chi connectivity index (χ1n) is 15.5. The molecule has 0 bridgehead atoms. The average molecular weight is 723 g/mol. The van der Waals surface area contributed by atoms with Gasteiger partial charge in [-0.15, -0.1) is 0 Å². The molecule has 0 atom stereocenters. The van der Waals surface area contributed by atoms with E-state index in [1.165, 1.54) is 35.2 Å². The summed E-state index contributed by atoms with van der Waals surface area (Å²) in [6.07, 6.45) is 2.35. The quantitative estimate of drug-likeness (QED) is 0.221. The molecule has 6 rings (SSSR count). The van der Waals surface area contributed by atoms with Crippen LogP contribution in [0.25, 0.3) is 22.2 Å². The maximum Gasteiger partial charge on any atom is 0.516 e. The summed E-state index contributed by atoms with van der Waals surface area (Å²) in [6, 6.07) is 7.50. The third-order valence-electron chi connectivity index (χ3n) is 8.66. The minimum Gasteiger partial charge on any atom is -0.480 e. The molecule has 4 aromatic rings. The Morgan fingerprint density at radius 3 is 2.42 bits per heavy atom. The number of nitrogens with one attached hydrogen (secondary N) is 1. The molecule has 2 saturated heterocycles. The van der Waals surface area contributed by atoms with E-state index in [1.54, 1.807) is 0 Å². The molecule has 2 aromatic carbocycles. The molecule has 266 valence electrons. The van der Waals surface area contributed by atoms with Crippen molar-refractivity contribution in [2.24, 2.45) is 0 Å². The predicted octanol–water partition coefficient (Wildman–Crippen LogP) is 5.15. The second-order valence-corrected chi connectivity index (χ2v) is 13.5. The van der Waals surface area contributed by atoms with E-state index >= 15 is 4.39 Å². The summed E-state index contributed by atoms with van der Waals surface area (Å²) >= 11 is 0. The number of pyridine rings is 1. The SMILES string of the molecule is COc1ncc(-c2nc(N3CCOCC3)nc3c(CN4CCC(c5ccc(C(=O)O)cc5F)CC4)cc(F)cc23)cc1NS(=O)(=O)C(F)(F)F. The van der Waals surface area contributed by atoms with E-state index in [4.69, 9.17) is 19.6 Å². The van der Waals surface area contributed by atoms with Crippen molar-refractivity contribution in [2.75, 3.05) is 56.1 Å². The second kappa shape index (κ2) is 13.9. The van der Waals surface area contributed by atoms with E-state index < -0.39 is 44.7 Å². The Hall–Kier alpha value is -4.68. The van der Waals surface area contributed by atoms with Crippen LogP contribution in [0, 0.1) is 11.6 Å². The third kappa shape index (κ3) is 7.27. The van der Waals surface area contributed by atoms with Crippen LogP contribution in [0.15, 0.2) is 42.6 Å². The Labute approximate surface area is 282 Å². The number of alkyl halides is 3. The van der Waals surface area contributed by atoms with E-state index in [1.807, 2.05) is 4.90 Å². The Balaban J connectivity index is 1.37. The van der Waals surface area contributed by atoms with Crippen molar-refractivity contribution in [3.8, 4) is 17.1 Å². The fourth-order valence-electron chi connectivity index (χ4n) is 6.15. The zero-order valence-electron chi connectivity index (χ0n) is 26.5. The highest BCUT2D eigenvalue weighted by molar-refractivity contribution is 7.93. The van der Waals surface area contributed by atoms with Crippen LogP contribution in [0.3, 0.4) is 0 Å². The lowest BCUT2D eigenvalue weighted by Crippen LogP contribution is -2.37. The van der Waals surface area contributed by atoms with Gasteiger partial charge in [0.15, 0.2) is 0 Å². The number of carboxylic acids is 1. The van der Waals surface area contributed by atoms with Gasteiger partial charge in [-0.05, 0) is 73.3 Å². The number of halogens is 5. The first-order valence-corrected chi connectivity index (χ1v) is 16.9. The number of methoxy groups -OCH3 is 1. The van der Waals surface area contributed by atoms with Gasteiger partial charge in [-0.3, -0.25) is 9.62 Å². The molecule has 2 aliphatic rings. The van der Waals surface area contributed by atoms with Crippen LogP contribution in [0.4, 0.5) is 33.6 Å². The van der Waals surface area contributed by atoms with Gasteiger partial charge in [-0.1, -0.05) is 6.07 Å². The van der Waals surface area contributed by atoms with Crippen LogP contribution in [0.2, 0.25) is 0 Å². The molecule has 4 heterocycles. The molecule has 0 aliphatic carbocycles. The number of hydrogen-bond donors (Lipinski definition) is 2. The number of fused-ring (bicyclic) bond motifs is 1. The molecule has 0 unspecified atom stereocenters. The molecule has 0 amide bonds. The Morgan fingerprint density at radius 1 is 1.06 bits per heavy atom. The summed E-state index contributed by atoms with van der Waals surface area (Å²) in [6.45, 7) is 2.90. The topological polar surface area (TPSA) is 147 Å². The van der Waals surface area contributed by atoms with Gasteiger partial charge in [0.1, 0.15) is 17.3 Å². The number of piperidine rings is 1. The molecular weight excluding hydrogens is 691 g/mol. The van der Waals surface area contributed by atoms with E-state index in [9.17, 15) is 30.8 Å². The standard InChI is InChI=1S/C32H31F5N6O6S/c1-48-29-26(41-50(46,47)32(35,36)37)14-20(16-38-29)27-24-15-22(33)12-21(28(24)40-31(39-27)43-8-10-49-11-9-43)17-42-6-4-18(5-7-42)23-3-2-19(30(44)45)13-25(23)34/h2-3,12-16,18,41H,4-11,17H2,1H3,(H,44,45). The summed E-state index contributed by atoms with van der Waals surface area (Å²) in [7, 11) is -4.73. The summed E-state index contributed by atoms with van der Waals surface area (Å²) in [5, 5.41) is 9.38. The molecular formula is C32H31F5N6O6S. The molecule has 12 nitrogen and oxygen atoms in total. The Kier molecular flexibility index (Phi) is 9.78. The number of likely N-dealkylation sites (tertiary alicyclic amines) is 1. The van der Waals surface area contributed by atoms with Crippen molar-refractivity contribution < 1.29 is 49.7 Å². The van der Waals surface area contributed by atoms with Crippen LogP contribution in [0.1, 0.15) is 40.2 Å². The molecule has 0 radical (unpaired) electrons. The van der Waals surface area contributed by atoms with Gasteiger partial charge in [-0.25, -0.2) is 28.5 Å². The summed E-state index contributed by atoms with van der Waals surface area (Å²) in [4.78, 5) is 28.6. The Bertz CT molecular complexity index is 2040. The van der Waals surface area contributed by atoms with Gasteiger partial charge >= 0.3 is 21.5 Å². The highest BCUT2D eigenvalue weighted by Gasteiger charge is 2.46. The number of anilines is 2. The highest BCUT2D eigenvalue weighted by Crippen LogP contribution is 2.37. The van der Waals surface area contributed by atoms with Crippen molar-refractivity contribution in [2.45, 2.75) is 30.8 Å². The van der Waals surface area contributed by atoms with Crippen LogP contribution < -0.4 is 14.4 Å². The van der Waals surface area contributed by atoms with Gasteiger partial charge in [0, 0.05) is 36.8 Å². The van der Waals surface area contributed by atoms with Crippen molar-refractivity contribution in [3.63, 3.8) is 0 Å². The molecule has 0 saturated carbocycles. The van der Waals surface area contributed by atoms with Gasteiger partial charge in [0.25, 0.3) is 0 Å². The molecule has 18 heteroatoms. The highest BCUT2D eigenvalue weighted by atomic mass is 32.2. The zero-order chi connectivity index (χ0) is 35.8. The monoisotopic (exact) mass is 722 g/mol. The summed E-state index contributed by atoms with van der Waals surface area (Å²) in [5.74, 6) is -2.76. The number of morpholine rings is 1. The number of nitrogens with zero attached hydrogens (tertiary/aromatic N) is 5. The van der Waals surface area contributed by atoms with E-state index in [0.29, 0.717) is 68.9 Å². The largest absolute Gasteiger partial charge is 0.516 e. The molecule has 2 fully saturated rings. The van der Waals surface area contributed by atoms with Crippen molar-refractivity contribution in [1.29, 1.82) is 0 Å². The Morgan fingerprint density at radius 2 is 1.78 bits per heavy atom. The average Bonchev–Trinajstić information content (AvgIpc) is 3.08. The molecule has 2 aliphatic heterocycles. The molecule has 2 N–H and O–H groups in total. The lowest BCUT2D eigenvalue weighted by atomic mass is 9.88. The number of carboxylic acid groups (broad SMARTS) is 1. The third-order valence-corrected chi connectivity index (χ3v) is 9.76. The van der Waals surface area contributed by atoms with Crippen molar-refractivity contribution in [1.82, 2.24) is 19.9 Å². The van der Waals surface area contributed by atoms with E-state index in [0.717, 1.165) is 19.2 Å². The maximum absolute atomic E-state index is 15.3. The van der Waals surface area contributed by atoms with Crippen LogP contribution >= 0.6 is 0 Å². The number of aromatic carboxylic acids is 1. The normalized spacial score (nSPS) is 16.5. The minimum atomic E-state index is -5.84. The first kappa shape index (κ1) is 35.2. The fraction of sp³-hybridized carbons (Fsp3) is 0.375. The molecule has 50 heavy (non-hydrogen) atoms. The van der Waals surface area contributed by atoms with Gasteiger partial charge < -0.3 is 19.5 Å². The lowest BCUT2D eigenvalue weighted by Gasteiger charge is -2.32. The second-order valence-electron chi connectivity index (χ2n) is 11.9. The smallest absolute Gasteiger partial charge is 0.480 e. The molecule has 2 aromatic heterocycles. The number of ether oxygens (including phenoxy) is 2. The number of rotatable bonds is 9. The van der Waals surface area contributed by atoms with E-state index in [-0.39, 0.29) is 40.6 Å². The minimum absolute atomic E-state index is 0.0703.